The molecule has 0 aliphatic rings. The summed E-state index contributed by atoms with van der Waals surface area (Å²) < 4.78 is 0.980. The lowest BCUT2D eigenvalue weighted by Crippen LogP contribution is -2.01. The topological polar surface area (TPSA) is 37.3 Å². The zero-order valence-electron chi connectivity index (χ0n) is 8.09. The van der Waals surface area contributed by atoms with Crippen molar-refractivity contribution in [1.82, 2.24) is 0 Å². The summed E-state index contributed by atoms with van der Waals surface area (Å²) in [5.41, 5.74) is 3.46. The van der Waals surface area contributed by atoms with Crippen LogP contribution >= 0.6 is 22.6 Å². The van der Waals surface area contributed by atoms with E-state index in [-0.39, 0.29) is 6.42 Å². The van der Waals surface area contributed by atoms with Gasteiger partial charge >= 0.3 is 5.97 Å². The molecular weight excluding hydrogens is 291 g/mol. The Morgan fingerprint density at radius 1 is 1.43 bits per heavy atom. The van der Waals surface area contributed by atoms with Crippen molar-refractivity contribution in [1.29, 1.82) is 0 Å². The summed E-state index contributed by atoms with van der Waals surface area (Å²) in [6.45, 7) is 2.09. The molecule has 0 saturated heterocycles. The van der Waals surface area contributed by atoms with E-state index in [0.717, 1.165) is 16.4 Å². The molecule has 3 heteroatoms. The molecule has 0 spiro atoms. The van der Waals surface area contributed by atoms with Gasteiger partial charge in [0.1, 0.15) is 0 Å². The lowest BCUT2D eigenvalue weighted by Gasteiger charge is -2.06. The van der Waals surface area contributed by atoms with Crippen molar-refractivity contribution >= 4 is 28.6 Å². The highest BCUT2D eigenvalue weighted by Gasteiger charge is 2.04. The minimum Gasteiger partial charge on any atom is -0.481 e. The highest BCUT2D eigenvalue weighted by atomic mass is 127. The van der Waals surface area contributed by atoms with Crippen LogP contribution in [0.3, 0.4) is 0 Å². The van der Waals surface area contributed by atoms with Crippen molar-refractivity contribution in [3.63, 3.8) is 0 Å². The number of halogens is 1. The second-order valence-corrected chi connectivity index (χ2v) is 3.92. The summed E-state index contributed by atoms with van der Waals surface area (Å²) in [5.74, 6) is -0.769. The third-order valence-electron chi connectivity index (χ3n) is 2.15. The first-order valence-corrected chi connectivity index (χ1v) is 6.08. The zero-order valence-corrected chi connectivity index (χ0v) is 10.2. The van der Waals surface area contributed by atoms with Crippen molar-refractivity contribution in [2.45, 2.75) is 24.2 Å². The minimum absolute atomic E-state index is 0.120. The van der Waals surface area contributed by atoms with E-state index in [1.807, 2.05) is 18.2 Å². The maximum Gasteiger partial charge on any atom is 0.307 e. The number of aliphatic carboxylic acids is 1. The third kappa shape index (κ3) is 2.97. The van der Waals surface area contributed by atoms with Gasteiger partial charge in [-0.1, -0.05) is 47.7 Å². The smallest absolute Gasteiger partial charge is 0.307 e. The van der Waals surface area contributed by atoms with Gasteiger partial charge in [-0.25, -0.2) is 0 Å². The maximum atomic E-state index is 10.5. The van der Waals surface area contributed by atoms with Crippen molar-refractivity contribution < 1.29 is 9.90 Å². The van der Waals surface area contributed by atoms with Crippen molar-refractivity contribution in [2.24, 2.45) is 0 Å². The molecule has 1 N–H and O–H groups in total. The first-order valence-electron chi connectivity index (χ1n) is 4.55. The summed E-state index contributed by atoms with van der Waals surface area (Å²) in [4.78, 5) is 10.5. The van der Waals surface area contributed by atoms with Gasteiger partial charge in [-0.2, -0.15) is 0 Å². The van der Waals surface area contributed by atoms with Gasteiger partial charge in [-0.3, -0.25) is 4.79 Å². The molecule has 0 fully saturated rings. The fraction of sp³-hybridized carbons (Fsp3) is 0.364. The number of alkyl halides is 1. The highest BCUT2D eigenvalue weighted by molar-refractivity contribution is 14.1. The van der Waals surface area contributed by atoms with Crippen LogP contribution in [0.15, 0.2) is 18.2 Å². The van der Waals surface area contributed by atoms with Crippen LogP contribution in [-0.4, -0.2) is 11.1 Å². The first kappa shape index (κ1) is 11.5. The number of carboxylic acid groups (broad SMARTS) is 1. The standard InChI is InChI=1S/C11H13IO2/c1-2-9-5-8(6-11(13)14)3-4-10(9)7-12/h3-5H,2,6-7H2,1H3,(H,13,14). The second-order valence-electron chi connectivity index (χ2n) is 3.16. The fourth-order valence-electron chi connectivity index (χ4n) is 1.42. The molecule has 0 atom stereocenters. The van der Waals surface area contributed by atoms with E-state index < -0.39 is 5.97 Å². The van der Waals surface area contributed by atoms with Crippen LogP contribution in [0.4, 0.5) is 0 Å². The van der Waals surface area contributed by atoms with Gasteiger partial charge in [0, 0.05) is 4.43 Å². The molecule has 0 aliphatic heterocycles. The average Bonchev–Trinajstić information content (AvgIpc) is 2.16. The highest BCUT2D eigenvalue weighted by Crippen LogP contribution is 2.16. The van der Waals surface area contributed by atoms with E-state index in [1.54, 1.807) is 0 Å². The van der Waals surface area contributed by atoms with E-state index in [0.29, 0.717) is 0 Å². The lowest BCUT2D eigenvalue weighted by atomic mass is 10.0. The third-order valence-corrected chi connectivity index (χ3v) is 2.97. The first-order chi connectivity index (χ1) is 6.67. The maximum absolute atomic E-state index is 10.5. The molecule has 14 heavy (non-hydrogen) atoms. The molecule has 1 rings (SSSR count). The Morgan fingerprint density at radius 2 is 2.14 bits per heavy atom. The van der Waals surface area contributed by atoms with Gasteiger partial charge in [0.2, 0.25) is 0 Å². The van der Waals surface area contributed by atoms with E-state index in [1.165, 1.54) is 11.1 Å². The lowest BCUT2D eigenvalue weighted by molar-refractivity contribution is -0.136. The Balaban J connectivity index is 2.95. The molecule has 0 radical (unpaired) electrons. The number of benzene rings is 1. The number of aryl methyl sites for hydroxylation is 1. The molecule has 76 valence electrons. The van der Waals surface area contributed by atoms with E-state index in [9.17, 15) is 4.79 Å². The monoisotopic (exact) mass is 304 g/mol. The van der Waals surface area contributed by atoms with Crippen LogP contribution in [0.5, 0.6) is 0 Å². The predicted octanol–water partition coefficient (Wildman–Crippen LogP) is 2.81. The quantitative estimate of drug-likeness (QED) is 0.686. The molecule has 0 bridgehead atoms. The summed E-state index contributed by atoms with van der Waals surface area (Å²) in [5, 5.41) is 8.66. The van der Waals surface area contributed by atoms with E-state index in [2.05, 4.69) is 29.5 Å². The number of hydrogen-bond donors (Lipinski definition) is 1. The Hall–Kier alpha value is -0.580. The SMILES string of the molecule is CCc1cc(CC(=O)O)ccc1CI. The van der Waals surface area contributed by atoms with Crippen LogP contribution in [0.25, 0.3) is 0 Å². The molecule has 1 aromatic carbocycles. The summed E-state index contributed by atoms with van der Waals surface area (Å²) >= 11 is 2.32. The largest absolute Gasteiger partial charge is 0.481 e. The van der Waals surface area contributed by atoms with Gasteiger partial charge in [0.15, 0.2) is 0 Å². The fourth-order valence-corrected chi connectivity index (χ4v) is 2.17. The summed E-state index contributed by atoms with van der Waals surface area (Å²) in [6.07, 6.45) is 1.08. The van der Waals surface area contributed by atoms with Crippen LogP contribution in [0.1, 0.15) is 23.6 Å². The number of carboxylic acids is 1. The van der Waals surface area contributed by atoms with Gasteiger partial charge in [-0.05, 0) is 23.1 Å². The van der Waals surface area contributed by atoms with Gasteiger partial charge in [-0.15, -0.1) is 0 Å². The Morgan fingerprint density at radius 3 is 2.64 bits per heavy atom. The molecule has 0 unspecified atom stereocenters. The number of rotatable bonds is 4. The van der Waals surface area contributed by atoms with Crippen molar-refractivity contribution in [2.75, 3.05) is 0 Å². The van der Waals surface area contributed by atoms with Gasteiger partial charge in [0.05, 0.1) is 6.42 Å². The molecule has 2 nitrogen and oxygen atoms in total. The van der Waals surface area contributed by atoms with E-state index >= 15 is 0 Å². The van der Waals surface area contributed by atoms with Crippen LogP contribution in [0, 0.1) is 0 Å². The molecule has 0 aliphatic carbocycles. The second kappa shape index (κ2) is 5.34. The van der Waals surface area contributed by atoms with Crippen LogP contribution in [-0.2, 0) is 22.1 Å². The molecule has 0 aromatic heterocycles. The minimum atomic E-state index is -0.769. The van der Waals surface area contributed by atoms with Gasteiger partial charge in [0.25, 0.3) is 0 Å². The molecule has 0 heterocycles. The number of hydrogen-bond acceptors (Lipinski definition) is 1. The summed E-state index contributed by atoms with van der Waals surface area (Å²) in [6, 6.07) is 5.94. The Bertz CT molecular complexity index is 334. The number of carbonyl (C=O) groups is 1. The Kier molecular flexibility index (Phi) is 4.38. The molecule has 0 amide bonds. The van der Waals surface area contributed by atoms with E-state index in [4.69, 9.17) is 5.11 Å². The van der Waals surface area contributed by atoms with Crippen molar-refractivity contribution in [3.05, 3.63) is 34.9 Å². The average molecular weight is 304 g/mol. The summed E-state index contributed by atoms with van der Waals surface area (Å²) in [7, 11) is 0. The van der Waals surface area contributed by atoms with Crippen molar-refractivity contribution in [3.8, 4) is 0 Å². The predicted molar refractivity (Wildman–Crippen MR) is 64.9 cm³/mol. The molecule has 0 saturated carbocycles. The molecular formula is C11H13IO2. The molecule has 1 aromatic rings. The van der Waals surface area contributed by atoms with Gasteiger partial charge < -0.3 is 5.11 Å². The van der Waals surface area contributed by atoms with Crippen LogP contribution < -0.4 is 0 Å². The Labute approximate surface area is 97.5 Å². The zero-order chi connectivity index (χ0) is 10.6. The normalized spacial score (nSPS) is 10.1. The van der Waals surface area contributed by atoms with Crippen LogP contribution in [0.2, 0.25) is 0 Å².